The normalized spacial score (nSPS) is 15.7. The second kappa shape index (κ2) is 5.45. The largest absolute Gasteiger partial charge is 0.373 e. The van der Waals surface area contributed by atoms with Gasteiger partial charge in [0, 0.05) is 31.4 Å². The molecule has 5 heteroatoms. The van der Waals surface area contributed by atoms with E-state index in [1.807, 2.05) is 25.4 Å². The van der Waals surface area contributed by atoms with Crippen LogP contribution >= 0.6 is 0 Å². The first-order valence-corrected chi connectivity index (χ1v) is 6.99. The number of nitrogens with one attached hydrogen (secondary N) is 2. The van der Waals surface area contributed by atoms with Crippen LogP contribution in [-0.4, -0.2) is 22.0 Å². The van der Waals surface area contributed by atoms with Crippen LogP contribution in [0.15, 0.2) is 30.6 Å². The van der Waals surface area contributed by atoms with E-state index in [-0.39, 0.29) is 6.04 Å². The molecule has 104 valence electrons. The third-order valence-electron chi connectivity index (χ3n) is 3.49. The van der Waals surface area contributed by atoms with Gasteiger partial charge < -0.3 is 10.6 Å². The Labute approximate surface area is 118 Å². The second-order valence-electron chi connectivity index (χ2n) is 5.17. The van der Waals surface area contributed by atoms with Crippen LogP contribution in [-0.2, 0) is 0 Å². The van der Waals surface area contributed by atoms with Crippen LogP contribution in [0, 0.1) is 0 Å². The predicted octanol–water partition coefficient (Wildman–Crippen LogP) is 2.96. The van der Waals surface area contributed by atoms with Gasteiger partial charge in [0.25, 0.3) is 0 Å². The van der Waals surface area contributed by atoms with E-state index >= 15 is 0 Å². The van der Waals surface area contributed by atoms with Gasteiger partial charge in [0.1, 0.15) is 17.5 Å². The molecule has 0 aliphatic heterocycles. The number of pyridine rings is 1. The van der Waals surface area contributed by atoms with Crippen LogP contribution in [0.4, 0.5) is 11.6 Å². The molecule has 20 heavy (non-hydrogen) atoms. The molecule has 1 unspecified atom stereocenters. The van der Waals surface area contributed by atoms with E-state index in [0.717, 1.165) is 23.0 Å². The van der Waals surface area contributed by atoms with Crippen molar-refractivity contribution >= 4 is 11.6 Å². The van der Waals surface area contributed by atoms with Gasteiger partial charge in [-0.05, 0) is 31.4 Å². The molecule has 1 aliphatic rings. The Bertz CT molecular complexity index is 580. The molecule has 2 heterocycles. The zero-order valence-corrected chi connectivity index (χ0v) is 11.8. The minimum atomic E-state index is 0.162. The van der Waals surface area contributed by atoms with Crippen molar-refractivity contribution in [2.24, 2.45) is 0 Å². The molecule has 1 saturated carbocycles. The molecule has 0 saturated heterocycles. The van der Waals surface area contributed by atoms with Crippen LogP contribution in [0.25, 0.3) is 0 Å². The second-order valence-corrected chi connectivity index (χ2v) is 5.17. The van der Waals surface area contributed by atoms with Gasteiger partial charge in [0.2, 0.25) is 0 Å². The van der Waals surface area contributed by atoms with Crippen molar-refractivity contribution in [1.82, 2.24) is 15.0 Å². The third-order valence-corrected chi connectivity index (χ3v) is 3.49. The first-order chi connectivity index (χ1) is 9.76. The number of hydrogen-bond donors (Lipinski definition) is 2. The Balaban J connectivity index is 1.81. The molecule has 0 bridgehead atoms. The molecule has 1 aliphatic carbocycles. The lowest BCUT2D eigenvalue weighted by molar-refractivity contribution is 0.849. The summed E-state index contributed by atoms with van der Waals surface area (Å²) < 4.78 is 0. The van der Waals surface area contributed by atoms with Crippen molar-refractivity contribution in [3.63, 3.8) is 0 Å². The van der Waals surface area contributed by atoms with E-state index in [1.165, 1.54) is 12.8 Å². The minimum absolute atomic E-state index is 0.162. The number of nitrogens with zero attached hydrogens (tertiary/aromatic N) is 3. The zero-order chi connectivity index (χ0) is 13.9. The fraction of sp³-hybridized carbons (Fsp3) is 0.400. The zero-order valence-electron chi connectivity index (χ0n) is 11.8. The van der Waals surface area contributed by atoms with E-state index in [1.54, 1.807) is 6.20 Å². The molecule has 0 aromatic carbocycles. The maximum atomic E-state index is 4.63. The van der Waals surface area contributed by atoms with Crippen molar-refractivity contribution in [3.8, 4) is 0 Å². The summed E-state index contributed by atoms with van der Waals surface area (Å²) in [5.41, 5.74) is 1.14. The molecule has 0 amide bonds. The summed E-state index contributed by atoms with van der Waals surface area (Å²) in [6, 6.07) is 6.11. The van der Waals surface area contributed by atoms with Gasteiger partial charge in [-0.2, -0.15) is 0 Å². The fourth-order valence-electron chi connectivity index (χ4n) is 2.13. The average Bonchev–Trinajstić information content (AvgIpc) is 3.32. The molecule has 0 spiro atoms. The topological polar surface area (TPSA) is 62.7 Å². The average molecular weight is 269 g/mol. The first kappa shape index (κ1) is 12.8. The lowest BCUT2D eigenvalue weighted by Crippen LogP contribution is -2.10. The summed E-state index contributed by atoms with van der Waals surface area (Å²) in [6.45, 7) is 2.11. The van der Waals surface area contributed by atoms with Crippen LogP contribution in [0.2, 0.25) is 0 Å². The van der Waals surface area contributed by atoms with Crippen molar-refractivity contribution in [1.29, 1.82) is 0 Å². The molecule has 2 aromatic rings. The van der Waals surface area contributed by atoms with Gasteiger partial charge in [-0.15, -0.1) is 0 Å². The number of anilines is 2. The van der Waals surface area contributed by atoms with E-state index < -0.39 is 0 Å². The third kappa shape index (κ3) is 2.87. The Hall–Kier alpha value is -2.17. The highest BCUT2D eigenvalue weighted by Crippen LogP contribution is 2.39. The lowest BCUT2D eigenvalue weighted by atomic mass is 10.1. The number of rotatable bonds is 5. The van der Waals surface area contributed by atoms with Crippen LogP contribution in [0.5, 0.6) is 0 Å². The van der Waals surface area contributed by atoms with E-state index in [0.29, 0.717) is 5.92 Å². The highest BCUT2D eigenvalue weighted by Gasteiger charge is 2.27. The molecular formula is C15H19N5. The Morgan fingerprint density at radius 3 is 2.70 bits per heavy atom. The molecule has 1 fully saturated rings. The van der Waals surface area contributed by atoms with Gasteiger partial charge in [-0.25, -0.2) is 9.97 Å². The van der Waals surface area contributed by atoms with Gasteiger partial charge in [0.15, 0.2) is 0 Å². The maximum Gasteiger partial charge on any atom is 0.136 e. The van der Waals surface area contributed by atoms with E-state index in [4.69, 9.17) is 0 Å². The first-order valence-electron chi connectivity index (χ1n) is 6.99. The molecular weight excluding hydrogens is 250 g/mol. The summed E-state index contributed by atoms with van der Waals surface area (Å²) in [5, 5.41) is 6.52. The Morgan fingerprint density at radius 2 is 2.05 bits per heavy atom. The summed E-state index contributed by atoms with van der Waals surface area (Å²) in [7, 11) is 1.88. The standard InChI is InChI=1S/C15H19N5/c1-10(12-4-3-7-17-9-12)18-14-8-13(16-2)19-15(20-14)11-5-6-11/h3-4,7-11H,5-6H2,1-2H3,(H2,16,18,19,20). The highest BCUT2D eigenvalue weighted by molar-refractivity contribution is 5.49. The fourth-order valence-corrected chi connectivity index (χ4v) is 2.13. The SMILES string of the molecule is CNc1cc(NC(C)c2cccnc2)nc(C2CC2)n1. The molecule has 0 radical (unpaired) electrons. The number of aromatic nitrogens is 3. The monoisotopic (exact) mass is 269 g/mol. The minimum Gasteiger partial charge on any atom is -0.373 e. The summed E-state index contributed by atoms with van der Waals surface area (Å²) >= 11 is 0. The van der Waals surface area contributed by atoms with Crippen molar-refractivity contribution in [3.05, 3.63) is 42.0 Å². The van der Waals surface area contributed by atoms with E-state index in [9.17, 15) is 0 Å². The van der Waals surface area contributed by atoms with Crippen LogP contribution in [0.3, 0.4) is 0 Å². The molecule has 1 atom stereocenters. The maximum absolute atomic E-state index is 4.63. The van der Waals surface area contributed by atoms with E-state index in [2.05, 4.69) is 38.6 Å². The Morgan fingerprint density at radius 1 is 1.25 bits per heavy atom. The van der Waals surface area contributed by atoms with Crippen LogP contribution < -0.4 is 10.6 Å². The quantitative estimate of drug-likeness (QED) is 0.873. The van der Waals surface area contributed by atoms with Crippen molar-refractivity contribution in [2.75, 3.05) is 17.7 Å². The number of hydrogen-bond acceptors (Lipinski definition) is 5. The lowest BCUT2D eigenvalue weighted by Gasteiger charge is -2.16. The van der Waals surface area contributed by atoms with Crippen molar-refractivity contribution < 1.29 is 0 Å². The van der Waals surface area contributed by atoms with Crippen molar-refractivity contribution in [2.45, 2.75) is 31.7 Å². The van der Waals surface area contributed by atoms with Gasteiger partial charge >= 0.3 is 0 Å². The predicted molar refractivity (Wildman–Crippen MR) is 79.8 cm³/mol. The Kier molecular flexibility index (Phi) is 3.50. The van der Waals surface area contributed by atoms with Gasteiger partial charge in [-0.3, -0.25) is 4.98 Å². The molecule has 2 N–H and O–H groups in total. The molecule has 3 rings (SSSR count). The van der Waals surface area contributed by atoms with Gasteiger partial charge in [-0.1, -0.05) is 6.07 Å². The highest BCUT2D eigenvalue weighted by atomic mass is 15.1. The smallest absolute Gasteiger partial charge is 0.136 e. The van der Waals surface area contributed by atoms with Gasteiger partial charge in [0.05, 0.1) is 6.04 Å². The summed E-state index contributed by atoms with van der Waals surface area (Å²) in [4.78, 5) is 13.3. The molecule has 5 nitrogen and oxygen atoms in total. The summed E-state index contributed by atoms with van der Waals surface area (Å²) in [6.07, 6.45) is 6.06. The molecule has 2 aromatic heterocycles. The summed E-state index contributed by atoms with van der Waals surface area (Å²) in [5.74, 6) is 3.21. The van der Waals surface area contributed by atoms with Crippen LogP contribution in [0.1, 0.15) is 43.1 Å².